The molecule has 1 radical (unpaired) electrons. The van der Waals surface area contributed by atoms with Crippen LogP contribution in [0.3, 0.4) is 0 Å². The standard InChI is InChI=1S/C37H23N2O.C18H24NSi.Ir/c1-3-12-25(13-4-1)29-18-11-19-30(26-14-5-2-6-15-26)36(29)39-34-21-10-9-20-33(34)38-37(39)32-24-40-35-23-28-17-8-7-16-27(28)22-31(32)35;1-14(2)11-16-12-17(15-9-7-6-8-10-15)19-13-18(16)20(3,4)5;/h1-23H;6-9,12-14H,11H2,1-5H3;/q2*-1;. The summed E-state index contributed by atoms with van der Waals surface area (Å²) in [5.41, 5.74) is 12.8. The summed E-state index contributed by atoms with van der Waals surface area (Å²) in [4.78, 5) is 9.89. The minimum Gasteiger partial charge on any atom is -0.557 e. The summed E-state index contributed by atoms with van der Waals surface area (Å²) in [6.45, 7) is 11.7. The first-order valence-corrected chi connectivity index (χ1v) is 24.2. The molecule has 0 spiro atoms. The summed E-state index contributed by atoms with van der Waals surface area (Å²) >= 11 is 0. The average molecular weight is 986 g/mol. The molecule has 7 aromatic carbocycles. The Labute approximate surface area is 373 Å². The smallest absolute Gasteiger partial charge is 0.0798 e. The normalized spacial score (nSPS) is 11.4. The van der Waals surface area contributed by atoms with Crippen molar-refractivity contribution in [3.63, 3.8) is 0 Å². The Morgan fingerprint density at radius 1 is 0.672 bits per heavy atom. The number of hydrogen-bond acceptors (Lipinski definition) is 3. The maximum Gasteiger partial charge on any atom is 0.0798 e. The quantitative estimate of drug-likeness (QED) is 0.113. The number of nitrogens with zero attached hydrogens (tertiary/aromatic N) is 3. The summed E-state index contributed by atoms with van der Waals surface area (Å²) < 4.78 is 8.34. The number of aromatic nitrogens is 3. The van der Waals surface area contributed by atoms with Crippen molar-refractivity contribution in [2.24, 2.45) is 5.92 Å². The van der Waals surface area contributed by atoms with E-state index in [0.717, 1.165) is 89.8 Å². The van der Waals surface area contributed by atoms with Crippen molar-refractivity contribution in [3.05, 3.63) is 194 Å². The van der Waals surface area contributed by atoms with Crippen LogP contribution in [0.2, 0.25) is 19.6 Å². The molecule has 303 valence electrons. The Kier molecular flexibility index (Phi) is 12.1. The molecule has 0 amide bonds. The van der Waals surface area contributed by atoms with Crippen LogP contribution in [0.4, 0.5) is 0 Å². The second-order valence-electron chi connectivity index (χ2n) is 16.8. The molecule has 0 aliphatic heterocycles. The van der Waals surface area contributed by atoms with Crippen LogP contribution in [0.15, 0.2) is 180 Å². The van der Waals surface area contributed by atoms with Crippen molar-refractivity contribution in [1.29, 1.82) is 0 Å². The summed E-state index contributed by atoms with van der Waals surface area (Å²) in [6.07, 6.45) is 6.47. The third-order valence-corrected chi connectivity index (χ3v) is 13.1. The molecule has 10 aromatic rings. The average Bonchev–Trinajstić information content (AvgIpc) is 3.86. The van der Waals surface area contributed by atoms with E-state index in [-0.39, 0.29) is 20.1 Å². The zero-order chi connectivity index (χ0) is 41.2. The number of rotatable bonds is 8. The van der Waals surface area contributed by atoms with E-state index in [0.29, 0.717) is 5.92 Å². The fourth-order valence-corrected chi connectivity index (χ4v) is 9.80. The molecule has 4 nitrogen and oxygen atoms in total. The Balaban J connectivity index is 0.000000208. The van der Waals surface area contributed by atoms with Crippen molar-refractivity contribution >= 4 is 46.0 Å². The van der Waals surface area contributed by atoms with Crippen molar-refractivity contribution < 1.29 is 24.5 Å². The minimum absolute atomic E-state index is 0. The molecular formula is C55H47IrN3OSi-2. The number of hydrogen-bond donors (Lipinski definition) is 0. The van der Waals surface area contributed by atoms with E-state index in [1.54, 1.807) is 0 Å². The van der Waals surface area contributed by atoms with Gasteiger partial charge in [-0.25, -0.2) is 0 Å². The first kappa shape index (κ1) is 41.6. The molecule has 6 heteroatoms. The van der Waals surface area contributed by atoms with Crippen molar-refractivity contribution in [2.45, 2.75) is 39.9 Å². The van der Waals surface area contributed by atoms with Crippen LogP contribution in [0, 0.1) is 18.2 Å². The van der Waals surface area contributed by atoms with E-state index in [1.165, 1.54) is 10.8 Å². The van der Waals surface area contributed by atoms with Crippen molar-refractivity contribution in [2.75, 3.05) is 0 Å². The van der Waals surface area contributed by atoms with Crippen molar-refractivity contribution in [1.82, 2.24) is 14.5 Å². The largest absolute Gasteiger partial charge is 0.557 e. The van der Waals surface area contributed by atoms with Crippen LogP contribution in [-0.2, 0) is 26.5 Å². The minimum atomic E-state index is -1.34. The van der Waals surface area contributed by atoms with Gasteiger partial charge < -0.3 is 14.0 Å². The van der Waals surface area contributed by atoms with Crippen LogP contribution in [-0.4, -0.2) is 22.6 Å². The Hall–Kier alpha value is -6.17. The van der Waals surface area contributed by atoms with Crippen LogP contribution >= 0.6 is 0 Å². The second kappa shape index (κ2) is 17.8. The molecular weight excluding hydrogens is 939 g/mol. The van der Waals surface area contributed by atoms with Crippen LogP contribution in [0.25, 0.3) is 83.4 Å². The van der Waals surface area contributed by atoms with Crippen LogP contribution in [0.5, 0.6) is 0 Å². The molecule has 61 heavy (non-hydrogen) atoms. The van der Waals surface area contributed by atoms with E-state index in [4.69, 9.17) is 9.40 Å². The third kappa shape index (κ3) is 8.58. The first-order chi connectivity index (χ1) is 29.2. The molecule has 10 rings (SSSR count). The zero-order valence-corrected chi connectivity index (χ0v) is 38.5. The summed E-state index contributed by atoms with van der Waals surface area (Å²) in [5, 5.41) is 4.78. The fourth-order valence-electron chi connectivity index (χ4n) is 8.21. The Morgan fingerprint density at radius 3 is 1.93 bits per heavy atom. The van der Waals surface area contributed by atoms with E-state index in [9.17, 15) is 0 Å². The molecule has 0 N–H and O–H groups in total. The van der Waals surface area contributed by atoms with Gasteiger partial charge in [-0.3, -0.25) is 4.98 Å². The maximum atomic E-state index is 6.05. The SMILES string of the molecule is CC(C)Cc1cc(-c2[c-]cccc2)ncc1[Si](C)(C)C.[Ir].[c-]1oc2cc3ccccc3cc2c1-c1nc2ccccc2n1-c1c(-c2ccccc2)cccc1-c1ccccc1. The summed E-state index contributed by atoms with van der Waals surface area (Å²) in [6, 6.07) is 62.2. The number of imidazole rings is 1. The molecule has 0 unspecified atom stereocenters. The van der Waals surface area contributed by atoms with Crippen LogP contribution < -0.4 is 5.19 Å². The predicted octanol–water partition coefficient (Wildman–Crippen LogP) is 14.0. The van der Waals surface area contributed by atoms with E-state index in [2.05, 4.69) is 201 Å². The molecule has 3 heterocycles. The van der Waals surface area contributed by atoms with Crippen LogP contribution in [0.1, 0.15) is 19.4 Å². The number of fused-ring (bicyclic) bond motifs is 3. The molecule has 3 aromatic heterocycles. The summed E-state index contributed by atoms with van der Waals surface area (Å²) in [5.74, 6) is 1.47. The van der Waals surface area contributed by atoms with Gasteiger partial charge in [-0.15, -0.1) is 35.9 Å². The van der Waals surface area contributed by atoms with Gasteiger partial charge in [0.2, 0.25) is 0 Å². The second-order valence-corrected chi connectivity index (χ2v) is 21.9. The fraction of sp³-hybridized carbons (Fsp3) is 0.127. The van der Waals surface area contributed by atoms with Gasteiger partial charge in [0.15, 0.2) is 0 Å². The van der Waals surface area contributed by atoms with Gasteiger partial charge in [0, 0.05) is 49.3 Å². The van der Waals surface area contributed by atoms with Gasteiger partial charge in [0.05, 0.1) is 30.6 Å². The maximum absolute atomic E-state index is 6.05. The first-order valence-electron chi connectivity index (χ1n) is 20.7. The Morgan fingerprint density at radius 2 is 1.30 bits per heavy atom. The van der Waals surface area contributed by atoms with Gasteiger partial charge in [0.25, 0.3) is 0 Å². The number of furan rings is 1. The predicted molar refractivity (Wildman–Crippen MR) is 254 cm³/mol. The van der Waals surface area contributed by atoms with Gasteiger partial charge in [-0.05, 0) is 57.3 Å². The monoisotopic (exact) mass is 986 g/mol. The number of pyridine rings is 1. The van der Waals surface area contributed by atoms with E-state index in [1.807, 2.05) is 30.3 Å². The number of para-hydroxylation sites is 3. The Bertz CT molecular complexity index is 3020. The van der Waals surface area contributed by atoms with Crippen molar-refractivity contribution in [3.8, 4) is 50.6 Å². The molecule has 0 atom stereocenters. The molecule has 0 aliphatic carbocycles. The molecule has 0 bridgehead atoms. The molecule has 0 saturated carbocycles. The third-order valence-electron chi connectivity index (χ3n) is 11.0. The molecule has 0 fully saturated rings. The van der Waals surface area contributed by atoms with Gasteiger partial charge in [0.1, 0.15) is 0 Å². The summed E-state index contributed by atoms with van der Waals surface area (Å²) in [7, 11) is -1.34. The topological polar surface area (TPSA) is 43.9 Å². The number of benzene rings is 7. The van der Waals surface area contributed by atoms with Gasteiger partial charge in [-0.2, -0.15) is 0 Å². The van der Waals surface area contributed by atoms with E-state index < -0.39 is 8.07 Å². The zero-order valence-electron chi connectivity index (χ0n) is 35.1. The van der Waals surface area contributed by atoms with Gasteiger partial charge >= 0.3 is 0 Å². The van der Waals surface area contributed by atoms with E-state index >= 15 is 0 Å². The van der Waals surface area contributed by atoms with Gasteiger partial charge in [-0.1, -0.05) is 183 Å². The molecule has 0 aliphatic rings. The molecule has 0 saturated heterocycles.